The van der Waals surface area contributed by atoms with Gasteiger partial charge in [0.25, 0.3) is 0 Å². The van der Waals surface area contributed by atoms with E-state index in [2.05, 4.69) is 22.5 Å². The second kappa shape index (κ2) is 9.43. The zero-order valence-electron chi connectivity index (χ0n) is 15.8. The van der Waals surface area contributed by atoms with Crippen molar-refractivity contribution >= 4 is 17.7 Å². The molecule has 1 aliphatic rings. The number of nitrogens with zero attached hydrogens (tertiary/aromatic N) is 2. The van der Waals surface area contributed by atoms with Crippen LogP contribution in [0.3, 0.4) is 0 Å². The van der Waals surface area contributed by atoms with Crippen LogP contribution in [0.5, 0.6) is 0 Å². The van der Waals surface area contributed by atoms with Crippen LogP contribution in [0, 0.1) is 0 Å². The Hall–Kier alpha value is -2.28. The van der Waals surface area contributed by atoms with E-state index in [4.69, 9.17) is 5.11 Å². The summed E-state index contributed by atoms with van der Waals surface area (Å²) in [6.07, 6.45) is 1.60. The molecule has 0 bridgehead atoms. The third kappa shape index (κ3) is 5.62. The molecule has 0 heterocycles. The average Bonchev–Trinajstić information content (AvgIpc) is 2.60. The van der Waals surface area contributed by atoms with Crippen LogP contribution in [-0.4, -0.2) is 66.8 Å². The van der Waals surface area contributed by atoms with Crippen molar-refractivity contribution in [1.82, 2.24) is 15.5 Å². The Kier molecular flexibility index (Phi) is 7.26. The van der Waals surface area contributed by atoms with E-state index in [0.717, 1.165) is 18.5 Å². The minimum Gasteiger partial charge on any atom is -0.480 e. The second-order valence-corrected chi connectivity index (χ2v) is 6.93. The molecule has 0 radical (unpaired) electrons. The predicted octanol–water partition coefficient (Wildman–Crippen LogP) is 1.75. The number of anilines is 1. The normalized spacial score (nSPS) is 20.2. The van der Waals surface area contributed by atoms with Gasteiger partial charge in [-0.05, 0) is 38.4 Å². The predicted molar refractivity (Wildman–Crippen MR) is 103 cm³/mol. The number of rotatable bonds is 9. The number of carbonyl (C=O) groups excluding carboxylic acids is 1. The fraction of sp³-hybridized carbons (Fsp3) is 0.579. The fourth-order valence-corrected chi connectivity index (χ4v) is 3.21. The highest BCUT2D eigenvalue weighted by Gasteiger charge is 2.34. The summed E-state index contributed by atoms with van der Waals surface area (Å²) in [5, 5.41) is 14.8. The van der Waals surface area contributed by atoms with Crippen LogP contribution in [0.2, 0.25) is 0 Å². The van der Waals surface area contributed by atoms with Crippen molar-refractivity contribution in [2.24, 2.45) is 0 Å². The van der Waals surface area contributed by atoms with Crippen molar-refractivity contribution in [1.29, 1.82) is 0 Å². The molecule has 1 fully saturated rings. The molecule has 0 aromatic heterocycles. The number of urea groups is 1. The summed E-state index contributed by atoms with van der Waals surface area (Å²) in [6.45, 7) is 5.34. The Morgan fingerprint density at radius 3 is 2.50 bits per heavy atom. The number of carboxylic acid groups (broad SMARTS) is 1. The number of nitrogens with one attached hydrogen (secondary N) is 2. The minimum absolute atomic E-state index is 0.0589. The minimum atomic E-state index is -0.808. The molecule has 7 nitrogen and oxygen atoms in total. The number of amides is 2. The van der Waals surface area contributed by atoms with Gasteiger partial charge in [-0.3, -0.25) is 9.69 Å². The molecule has 1 aromatic carbocycles. The van der Waals surface area contributed by atoms with Gasteiger partial charge < -0.3 is 20.6 Å². The molecule has 0 saturated heterocycles. The molecule has 1 saturated carbocycles. The molecule has 1 unspecified atom stereocenters. The number of hydrogen-bond donors (Lipinski definition) is 3. The topological polar surface area (TPSA) is 84.9 Å². The summed E-state index contributed by atoms with van der Waals surface area (Å²) in [5.41, 5.74) is 1.11. The van der Waals surface area contributed by atoms with Crippen molar-refractivity contribution in [2.45, 2.75) is 44.8 Å². The van der Waals surface area contributed by atoms with Crippen molar-refractivity contribution < 1.29 is 14.7 Å². The Morgan fingerprint density at radius 2 is 1.92 bits per heavy atom. The van der Waals surface area contributed by atoms with Crippen molar-refractivity contribution in [3.8, 4) is 0 Å². The van der Waals surface area contributed by atoms with Gasteiger partial charge in [0, 0.05) is 37.4 Å². The molecule has 1 aliphatic carbocycles. The average molecular weight is 362 g/mol. The van der Waals surface area contributed by atoms with Crippen LogP contribution in [0.1, 0.15) is 26.7 Å². The van der Waals surface area contributed by atoms with Gasteiger partial charge in [0.05, 0.1) is 6.54 Å². The molecule has 144 valence electrons. The number of hydrogen-bond acceptors (Lipinski definition) is 4. The molecule has 3 N–H and O–H groups in total. The van der Waals surface area contributed by atoms with E-state index in [1.807, 2.05) is 49.2 Å². The van der Waals surface area contributed by atoms with E-state index < -0.39 is 5.97 Å². The van der Waals surface area contributed by atoms with Crippen molar-refractivity contribution in [3.63, 3.8) is 0 Å². The summed E-state index contributed by atoms with van der Waals surface area (Å²) in [4.78, 5) is 27.0. The number of aliphatic carboxylic acids is 1. The lowest BCUT2D eigenvalue weighted by Gasteiger charge is -2.42. The zero-order valence-corrected chi connectivity index (χ0v) is 15.8. The first kappa shape index (κ1) is 20.0. The van der Waals surface area contributed by atoms with Crippen LogP contribution < -0.4 is 15.5 Å². The van der Waals surface area contributed by atoms with Crippen molar-refractivity contribution in [3.05, 3.63) is 30.3 Å². The molecular formula is C19H30N4O3. The first-order valence-corrected chi connectivity index (χ1v) is 9.18. The lowest BCUT2D eigenvalue weighted by molar-refractivity contribution is -0.139. The monoisotopic (exact) mass is 362 g/mol. The Labute approximate surface area is 155 Å². The van der Waals surface area contributed by atoms with Gasteiger partial charge in [0.15, 0.2) is 0 Å². The van der Waals surface area contributed by atoms with Crippen LogP contribution >= 0.6 is 0 Å². The Morgan fingerprint density at radius 1 is 1.27 bits per heavy atom. The van der Waals surface area contributed by atoms with Gasteiger partial charge in [-0.2, -0.15) is 0 Å². The number of likely N-dealkylation sites (N-methyl/N-ethyl adjacent to an activating group) is 2. The van der Waals surface area contributed by atoms with Gasteiger partial charge in [-0.15, -0.1) is 0 Å². The Balaban J connectivity index is 1.68. The largest absolute Gasteiger partial charge is 0.480 e. The molecule has 1 atom stereocenters. The third-order valence-electron chi connectivity index (χ3n) is 5.09. The van der Waals surface area contributed by atoms with Gasteiger partial charge in [0.1, 0.15) is 0 Å². The first-order valence-electron chi connectivity index (χ1n) is 9.18. The maximum atomic E-state index is 12.1. The van der Waals surface area contributed by atoms with E-state index in [1.165, 1.54) is 0 Å². The fourth-order valence-electron chi connectivity index (χ4n) is 3.21. The number of carboxylic acids is 1. The van der Waals surface area contributed by atoms with Crippen LogP contribution in [0.25, 0.3) is 0 Å². The van der Waals surface area contributed by atoms with Gasteiger partial charge in [-0.1, -0.05) is 25.1 Å². The maximum Gasteiger partial charge on any atom is 0.317 e. The van der Waals surface area contributed by atoms with Gasteiger partial charge in [0.2, 0.25) is 0 Å². The second-order valence-electron chi connectivity index (χ2n) is 6.93. The van der Waals surface area contributed by atoms with Crippen LogP contribution in [0.4, 0.5) is 10.5 Å². The molecule has 26 heavy (non-hydrogen) atoms. The molecule has 7 heteroatoms. The molecule has 0 spiro atoms. The number of carbonyl (C=O) groups is 2. The lowest BCUT2D eigenvalue weighted by Crippen LogP contribution is -2.57. The zero-order chi connectivity index (χ0) is 19.1. The van der Waals surface area contributed by atoms with E-state index in [-0.39, 0.29) is 30.7 Å². The summed E-state index contributed by atoms with van der Waals surface area (Å²) in [6, 6.07) is 10.4. The van der Waals surface area contributed by atoms with E-state index in [1.54, 1.807) is 0 Å². The van der Waals surface area contributed by atoms with Crippen LogP contribution in [-0.2, 0) is 4.79 Å². The third-order valence-corrected chi connectivity index (χ3v) is 5.09. The lowest BCUT2D eigenvalue weighted by atomic mass is 9.85. The van der Waals surface area contributed by atoms with Crippen LogP contribution in [0.15, 0.2) is 30.3 Å². The number of benzene rings is 1. The quantitative estimate of drug-likeness (QED) is 0.623. The highest BCUT2D eigenvalue weighted by Crippen LogP contribution is 2.25. The first-order chi connectivity index (χ1) is 12.4. The summed E-state index contributed by atoms with van der Waals surface area (Å²) >= 11 is 0. The summed E-state index contributed by atoms with van der Waals surface area (Å²) in [7, 11) is 2.01. The van der Waals surface area contributed by atoms with E-state index >= 15 is 0 Å². The van der Waals surface area contributed by atoms with E-state index in [9.17, 15) is 9.59 Å². The summed E-state index contributed by atoms with van der Waals surface area (Å²) in [5.74, 6) is -0.808. The molecule has 2 rings (SSSR count). The highest BCUT2D eigenvalue weighted by molar-refractivity contribution is 5.74. The summed E-state index contributed by atoms with van der Waals surface area (Å²) < 4.78 is 0. The highest BCUT2D eigenvalue weighted by atomic mass is 16.4. The molecular weight excluding hydrogens is 332 g/mol. The Bertz CT molecular complexity index is 590. The standard InChI is InChI=1S/C19H30N4O3/c1-4-23(13-18(24)25)17-10-15(11-17)21-19(26)20-12-14(2)22(3)16-8-6-5-7-9-16/h5-9,14-15,17H,4,10-13H2,1-3H3,(H,24,25)(H2,20,21,26). The maximum absolute atomic E-state index is 12.1. The van der Waals surface area contributed by atoms with Gasteiger partial charge in [-0.25, -0.2) is 4.79 Å². The van der Waals surface area contributed by atoms with Crippen molar-refractivity contribution in [2.75, 3.05) is 31.6 Å². The molecule has 1 aromatic rings. The SMILES string of the molecule is CCN(CC(=O)O)C1CC(NC(=O)NCC(C)N(C)c2ccccc2)C1. The number of para-hydroxylation sites is 1. The smallest absolute Gasteiger partial charge is 0.317 e. The molecule has 0 aliphatic heterocycles. The van der Waals surface area contributed by atoms with E-state index in [0.29, 0.717) is 13.1 Å². The van der Waals surface area contributed by atoms with Gasteiger partial charge >= 0.3 is 12.0 Å². The molecule has 2 amide bonds.